The molecule has 0 aliphatic rings. The van der Waals surface area contributed by atoms with Crippen molar-refractivity contribution in [1.29, 1.82) is 0 Å². The van der Waals surface area contributed by atoms with Crippen molar-refractivity contribution in [3.8, 4) is 5.88 Å². The number of amides is 1. The topological polar surface area (TPSA) is 107 Å². The summed E-state index contributed by atoms with van der Waals surface area (Å²) in [5.41, 5.74) is 10.0. The number of rotatable bonds is 3. The number of aliphatic imine (C=N–C) groups is 1. The van der Waals surface area contributed by atoms with Gasteiger partial charge in [-0.2, -0.15) is 18.2 Å². The summed E-state index contributed by atoms with van der Waals surface area (Å²) in [7, 11) is 0. The number of carbonyl (C=O) groups is 1. The van der Waals surface area contributed by atoms with E-state index in [2.05, 4.69) is 4.99 Å². The van der Waals surface area contributed by atoms with Crippen molar-refractivity contribution in [3.05, 3.63) is 27.9 Å². The van der Waals surface area contributed by atoms with E-state index < -0.39 is 36.9 Å². The van der Waals surface area contributed by atoms with Gasteiger partial charge >= 0.3 is 6.18 Å². The molecule has 1 heterocycles. The van der Waals surface area contributed by atoms with Crippen molar-refractivity contribution in [3.63, 3.8) is 0 Å². The third-order valence-corrected chi connectivity index (χ3v) is 3.83. The number of alkyl halides is 3. The number of guanidine groups is 1. The van der Waals surface area contributed by atoms with E-state index in [0.717, 1.165) is 0 Å². The van der Waals surface area contributed by atoms with Gasteiger partial charge in [0.05, 0.1) is 16.5 Å². The van der Waals surface area contributed by atoms with Crippen LogP contribution in [0, 0.1) is 0 Å². The van der Waals surface area contributed by atoms with Gasteiger partial charge in [-0.3, -0.25) is 4.79 Å². The first-order valence-electron chi connectivity index (χ1n) is 6.38. The summed E-state index contributed by atoms with van der Waals surface area (Å²) in [6, 6.07) is 2.49. The molecule has 0 spiro atoms. The standard InChI is InChI=1S/C13H11Cl2F3N4O2/c14-7-1-5-6(2-8(7)15)11(24)22(4-13(16,17)18)9(5)3-10(23)21-12(19)20/h1-2,24H,3-4H2,(H4,19,20,21,23). The molecule has 130 valence electrons. The van der Waals surface area contributed by atoms with Crippen molar-refractivity contribution in [1.82, 2.24) is 4.57 Å². The molecule has 0 saturated carbocycles. The number of aromatic hydroxyl groups is 1. The second-order valence-electron chi connectivity index (χ2n) is 4.89. The molecular formula is C13H11Cl2F3N4O2. The Balaban J connectivity index is 2.68. The van der Waals surface area contributed by atoms with Gasteiger partial charge in [0.2, 0.25) is 0 Å². The number of hydrogen-bond acceptors (Lipinski definition) is 2. The van der Waals surface area contributed by atoms with E-state index in [9.17, 15) is 23.1 Å². The third kappa shape index (κ3) is 3.85. The van der Waals surface area contributed by atoms with Crippen LogP contribution in [0.2, 0.25) is 10.0 Å². The van der Waals surface area contributed by atoms with Gasteiger partial charge in [0.15, 0.2) is 11.8 Å². The van der Waals surface area contributed by atoms with Crippen molar-refractivity contribution in [2.45, 2.75) is 19.1 Å². The molecule has 6 nitrogen and oxygen atoms in total. The molecule has 0 atom stereocenters. The average Bonchev–Trinajstić information content (AvgIpc) is 2.63. The molecule has 5 N–H and O–H groups in total. The molecule has 0 fully saturated rings. The summed E-state index contributed by atoms with van der Waals surface area (Å²) in [4.78, 5) is 15.0. The first-order chi connectivity index (χ1) is 11.0. The van der Waals surface area contributed by atoms with Crippen molar-refractivity contribution >= 4 is 45.8 Å². The fourth-order valence-electron chi connectivity index (χ4n) is 2.26. The van der Waals surface area contributed by atoms with Crippen LogP contribution >= 0.6 is 23.2 Å². The van der Waals surface area contributed by atoms with Crippen LogP contribution in [0.5, 0.6) is 5.88 Å². The van der Waals surface area contributed by atoms with Crippen LogP contribution in [-0.2, 0) is 17.8 Å². The minimum absolute atomic E-state index is 0.0288. The fraction of sp³-hybridized carbons (Fsp3) is 0.231. The van der Waals surface area contributed by atoms with Gasteiger partial charge in [-0.15, -0.1) is 0 Å². The second kappa shape index (κ2) is 6.40. The maximum Gasteiger partial charge on any atom is 0.406 e. The summed E-state index contributed by atoms with van der Waals surface area (Å²) in [6.45, 7) is -1.51. The van der Waals surface area contributed by atoms with E-state index in [-0.39, 0.29) is 26.5 Å². The smallest absolute Gasteiger partial charge is 0.406 e. The molecule has 0 aliphatic heterocycles. The number of halogens is 5. The quantitative estimate of drug-likeness (QED) is 0.559. The molecule has 11 heteroatoms. The predicted octanol–water partition coefficient (Wildman–Crippen LogP) is 2.56. The molecule has 0 aliphatic carbocycles. The molecular weight excluding hydrogens is 372 g/mol. The second-order valence-corrected chi connectivity index (χ2v) is 5.71. The van der Waals surface area contributed by atoms with Crippen LogP contribution in [0.1, 0.15) is 5.69 Å². The lowest BCUT2D eigenvalue weighted by Crippen LogP contribution is -2.25. The Kier molecular flexibility index (Phi) is 4.86. The number of carbonyl (C=O) groups excluding carboxylic acids is 1. The zero-order valence-corrected chi connectivity index (χ0v) is 13.4. The van der Waals surface area contributed by atoms with Gasteiger partial charge in [-0.1, -0.05) is 23.2 Å². The highest BCUT2D eigenvalue weighted by Gasteiger charge is 2.32. The first-order valence-corrected chi connectivity index (χ1v) is 7.13. The van der Waals surface area contributed by atoms with Gasteiger partial charge in [-0.05, 0) is 12.1 Å². The predicted molar refractivity (Wildman–Crippen MR) is 84.2 cm³/mol. The van der Waals surface area contributed by atoms with Gasteiger partial charge in [-0.25, -0.2) is 0 Å². The lowest BCUT2D eigenvalue weighted by atomic mass is 10.1. The zero-order chi connectivity index (χ0) is 18.2. The Hall–Kier alpha value is -2.13. The first kappa shape index (κ1) is 18.2. The Morgan fingerprint density at radius 3 is 2.25 bits per heavy atom. The van der Waals surface area contributed by atoms with E-state index in [4.69, 9.17) is 34.7 Å². The van der Waals surface area contributed by atoms with E-state index in [0.29, 0.717) is 4.57 Å². The third-order valence-electron chi connectivity index (χ3n) is 3.10. The maximum atomic E-state index is 12.8. The highest BCUT2D eigenvalue weighted by atomic mass is 35.5. The molecule has 0 radical (unpaired) electrons. The number of nitrogens with zero attached hydrogens (tertiary/aromatic N) is 2. The van der Waals surface area contributed by atoms with Gasteiger partial charge in [0.1, 0.15) is 6.54 Å². The molecule has 1 aromatic heterocycles. The van der Waals surface area contributed by atoms with Crippen LogP contribution in [0.25, 0.3) is 10.8 Å². The lowest BCUT2D eigenvalue weighted by molar-refractivity contribution is -0.142. The summed E-state index contributed by atoms with van der Waals surface area (Å²) >= 11 is 11.7. The maximum absolute atomic E-state index is 12.8. The lowest BCUT2D eigenvalue weighted by Gasteiger charge is -2.12. The van der Waals surface area contributed by atoms with Crippen molar-refractivity contribution in [2.24, 2.45) is 16.5 Å². The number of benzene rings is 1. The number of aromatic nitrogens is 1. The molecule has 1 aromatic carbocycles. The summed E-state index contributed by atoms with van der Waals surface area (Å²) in [6.07, 6.45) is -5.20. The Bertz CT molecular complexity index is 842. The number of hydrogen-bond donors (Lipinski definition) is 3. The molecule has 2 aromatic rings. The Labute approximate surface area is 143 Å². The minimum Gasteiger partial charge on any atom is -0.494 e. The molecule has 0 unspecified atom stereocenters. The van der Waals surface area contributed by atoms with Gasteiger partial charge in [0.25, 0.3) is 5.91 Å². The Morgan fingerprint density at radius 2 is 1.75 bits per heavy atom. The monoisotopic (exact) mass is 382 g/mol. The summed E-state index contributed by atoms with van der Waals surface area (Å²) in [5.74, 6) is -2.08. The zero-order valence-electron chi connectivity index (χ0n) is 11.9. The normalized spacial score (nSPS) is 11.7. The van der Waals surface area contributed by atoms with E-state index in [1.807, 2.05) is 0 Å². The molecule has 24 heavy (non-hydrogen) atoms. The summed E-state index contributed by atoms with van der Waals surface area (Å²) in [5, 5.41) is 10.4. The van der Waals surface area contributed by atoms with Gasteiger partial charge in [0, 0.05) is 16.5 Å². The highest BCUT2D eigenvalue weighted by molar-refractivity contribution is 6.43. The average molecular weight is 383 g/mol. The number of fused-ring (bicyclic) bond motifs is 1. The largest absolute Gasteiger partial charge is 0.494 e. The number of nitrogens with two attached hydrogens (primary N) is 2. The molecule has 2 rings (SSSR count). The van der Waals surface area contributed by atoms with Crippen LogP contribution < -0.4 is 11.5 Å². The highest BCUT2D eigenvalue weighted by Crippen LogP contribution is 2.38. The molecule has 0 bridgehead atoms. The SMILES string of the molecule is NC(N)=NC(=O)Cc1c2cc(Cl)c(Cl)cc2c(O)n1CC(F)(F)F. The van der Waals surface area contributed by atoms with Crippen LogP contribution in [0.15, 0.2) is 17.1 Å². The van der Waals surface area contributed by atoms with Crippen LogP contribution in [0.3, 0.4) is 0 Å². The fourth-order valence-corrected chi connectivity index (χ4v) is 2.58. The van der Waals surface area contributed by atoms with E-state index in [1.54, 1.807) is 0 Å². The van der Waals surface area contributed by atoms with Crippen LogP contribution in [-0.4, -0.2) is 27.7 Å². The molecule has 0 saturated heterocycles. The van der Waals surface area contributed by atoms with Crippen molar-refractivity contribution < 1.29 is 23.1 Å². The van der Waals surface area contributed by atoms with E-state index >= 15 is 0 Å². The minimum atomic E-state index is -4.63. The van der Waals surface area contributed by atoms with Gasteiger partial charge < -0.3 is 21.1 Å². The van der Waals surface area contributed by atoms with Crippen molar-refractivity contribution in [2.75, 3.05) is 0 Å². The molecule has 1 amide bonds. The van der Waals surface area contributed by atoms with Crippen LogP contribution in [0.4, 0.5) is 13.2 Å². The van der Waals surface area contributed by atoms with E-state index in [1.165, 1.54) is 12.1 Å². The Morgan fingerprint density at radius 1 is 1.21 bits per heavy atom. The summed E-state index contributed by atoms with van der Waals surface area (Å²) < 4.78 is 39.0.